The zero-order valence-electron chi connectivity index (χ0n) is 11.4. The van der Waals surface area contributed by atoms with Crippen molar-refractivity contribution in [3.8, 4) is 0 Å². The van der Waals surface area contributed by atoms with E-state index in [0.29, 0.717) is 24.5 Å². The number of aryl methyl sites for hydroxylation is 1. The Kier molecular flexibility index (Phi) is 5.29. The van der Waals surface area contributed by atoms with Crippen molar-refractivity contribution in [2.24, 2.45) is 0 Å². The molecule has 0 radical (unpaired) electrons. The van der Waals surface area contributed by atoms with Gasteiger partial charge in [0.05, 0.1) is 12.1 Å². The number of likely N-dealkylation sites (N-methyl/N-ethyl adjacent to an activating group) is 1. The third-order valence-electron chi connectivity index (χ3n) is 2.81. The van der Waals surface area contributed by atoms with Gasteiger partial charge in [0.2, 0.25) is 5.91 Å². The smallest absolute Gasteiger partial charge is 0.335 e. The van der Waals surface area contributed by atoms with Gasteiger partial charge in [0.25, 0.3) is 0 Å². The van der Waals surface area contributed by atoms with Crippen LogP contribution < -0.4 is 5.32 Å². The number of aromatic carboxylic acids is 1. The second-order valence-corrected chi connectivity index (χ2v) is 4.15. The first-order valence-corrected chi connectivity index (χ1v) is 6.20. The van der Waals surface area contributed by atoms with Crippen molar-refractivity contribution in [1.82, 2.24) is 9.88 Å². The first kappa shape index (κ1) is 14.9. The number of rotatable bonds is 6. The summed E-state index contributed by atoms with van der Waals surface area (Å²) in [7, 11) is 1.71. The Morgan fingerprint density at radius 1 is 1.37 bits per heavy atom. The highest BCUT2D eigenvalue weighted by atomic mass is 16.4. The molecule has 0 aromatic carbocycles. The van der Waals surface area contributed by atoms with Crippen LogP contribution in [-0.2, 0) is 11.2 Å². The molecule has 6 heteroatoms. The lowest BCUT2D eigenvalue weighted by molar-refractivity contribution is -0.127. The summed E-state index contributed by atoms with van der Waals surface area (Å²) in [5.41, 5.74) is 0.851. The lowest BCUT2D eigenvalue weighted by atomic mass is 10.2. The number of nitrogens with one attached hydrogen (secondary N) is 1. The summed E-state index contributed by atoms with van der Waals surface area (Å²) in [5.74, 6) is -0.658. The fourth-order valence-corrected chi connectivity index (χ4v) is 1.46. The maximum Gasteiger partial charge on any atom is 0.335 e. The van der Waals surface area contributed by atoms with Crippen LogP contribution in [0.4, 0.5) is 5.82 Å². The predicted molar refractivity (Wildman–Crippen MR) is 72.4 cm³/mol. The highest BCUT2D eigenvalue weighted by Gasteiger charge is 2.10. The molecule has 6 nitrogen and oxygen atoms in total. The molecule has 0 unspecified atom stereocenters. The van der Waals surface area contributed by atoms with E-state index in [9.17, 15) is 9.59 Å². The van der Waals surface area contributed by atoms with Crippen molar-refractivity contribution in [1.29, 1.82) is 0 Å². The van der Waals surface area contributed by atoms with Crippen LogP contribution in [0.2, 0.25) is 0 Å². The topological polar surface area (TPSA) is 82.5 Å². The molecule has 0 saturated heterocycles. The molecule has 1 rings (SSSR count). The molecule has 1 amide bonds. The molecular weight excluding hydrogens is 246 g/mol. The summed E-state index contributed by atoms with van der Waals surface area (Å²) >= 11 is 0. The summed E-state index contributed by atoms with van der Waals surface area (Å²) < 4.78 is 0. The Labute approximate surface area is 112 Å². The van der Waals surface area contributed by atoms with Crippen LogP contribution in [-0.4, -0.2) is 47.0 Å². The van der Waals surface area contributed by atoms with Crippen LogP contribution in [0.25, 0.3) is 0 Å². The van der Waals surface area contributed by atoms with Crippen molar-refractivity contribution < 1.29 is 14.7 Å². The predicted octanol–water partition coefficient (Wildman–Crippen LogP) is 1.23. The third-order valence-corrected chi connectivity index (χ3v) is 2.81. The molecule has 2 N–H and O–H groups in total. The molecular formula is C13H19N3O3. The normalized spacial score (nSPS) is 10.1. The first-order valence-electron chi connectivity index (χ1n) is 6.20. The van der Waals surface area contributed by atoms with Crippen molar-refractivity contribution in [3.63, 3.8) is 0 Å². The Morgan fingerprint density at radius 3 is 2.58 bits per heavy atom. The molecule has 0 atom stereocenters. The zero-order chi connectivity index (χ0) is 14.4. The summed E-state index contributed by atoms with van der Waals surface area (Å²) in [6, 6.07) is 2.97. The van der Waals surface area contributed by atoms with Gasteiger partial charge in [-0.1, -0.05) is 6.92 Å². The number of carbonyl (C=O) groups is 2. The van der Waals surface area contributed by atoms with Gasteiger partial charge in [-0.05, 0) is 25.5 Å². The van der Waals surface area contributed by atoms with E-state index < -0.39 is 5.97 Å². The lowest BCUT2D eigenvalue weighted by Crippen LogP contribution is -2.32. The van der Waals surface area contributed by atoms with Gasteiger partial charge in [0.15, 0.2) is 0 Å². The van der Waals surface area contributed by atoms with Crippen LogP contribution in [0.15, 0.2) is 12.1 Å². The van der Waals surface area contributed by atoms with Crippen molar-refractivity contribution in [2.45, 2.75) is 20.3 Å². The van der Waals surface area contributed by atoms with E-state index in [4.69, 9.17) is 5.11 Å². The van der Waals surface area contributed by atoms with Crippen molar-refractivity contribution in [3.05, 3.63) is 23.4 Å². The average molecular weight is 265 g/mol. The van der Waals surface area contributed by atoms with Gasteiger partial charge in [-0.2, -0.15) is 0 Å². The van der Waals surface area contributed by atoms with Gasteiger partial charge in [-0.15, -0.1) is 0 Å². The van der Waals surface area contributed by atoms with Gasteiger partial charge in [0, 0.05) is 19.3 Å². The van der Waals surface area contributed by atoms with E-state index in [1.807, 2.05) is 13.8 Å². The Morgan fingerprint density at radius 2 is 2.05 bits per heavy atom. The SMILES string of the molecule is CCc1cc(C(=O)O)cc(NCC(=O)N(C)CC)n1. The van der Waals surface area contributed by atoms with E-state index >= 15 is 0 Å². The fraction of sp³-hybridized carbons (Fsp3) is 0.462. The van der Waals surface area contributed by atoms with E-state index in [-0.39, 0.29) is 18.0 Å². The second-order valence-electron chi connectivity index (χ2n) is 4.15. The van der Waals surface area contributed by atoms with Crippen LogP contribution in [0.1, 0.15) is 29.9 Å². The average Bonchev–Trinajstić information content (AvgIpc) is 2.43. The molecule has 0 aliphatic carbocycles. The van der Waals surface area contributed by atoms with Gasteiger partial charge in [-0.3, -0.25) is 4.79 Å². The molecule has 1 aromatic heterocycles. The molecule has 0 aliphatic rings. The number of carbonyl (C=O) groups excluding carboxylic acids is 1. The largest absolute Gasteiger partial charge is 0.478 e. The Hall–Kier alpha value is -2.11. The summed E-state index contributed by atoms with van der Waals surface area (Å²) in [6.45, 7) is 4.51. The van der Waals surface area contributed by atoms with Crippen LogP contribution in [0, 0.1) is 0 Å². The van der Waals surface area contributed by atoms with Crippen molar-refractivity contribution in [2.75, 3.05) is 25.5 Å². The minimum atomic E-state index is -1.00. The van der Waals surface area contributed by atoms with Crippen LogP contribution in [0.5, 0.6) is 0 Å². The molecule has 104 valence electrons. The number of hydrogen-bond donors (Lipinski definition) is 2. The molecule has 0 spiro atoms. The number of hydrogen-bond acceptors (Lipinski definition) is 4. The summed E-state index contributed by atoms with van der Waals surface area (Å²) in [4.78, 5) is 28.4. The molecule has 0 aliphatic heterocycles. The number of anilines is 1. The fourth-order valence-electron chi connectivity index (χ4n) is 1.46. The minimum Gasteiger partial charge on any atom is -0.478 e. The standard InChI is InChI=1S/C13H19N3O3/c1-4-10-6-9(13(18)19)7-11(15-10)14-8-12(17)16(3)5-2/h6-7H,4-5,8H2,1-3H3,(H,14,15)(H,18,19). The highest BCUT2D eigenvalue weighted by Crippen LogP contribution is 2.11. The molecule has 1 heterocycles. The minimum absolute atomic E-state index is 0.0666. The lowest BCUT2D eigenvalue weighted by Gasteiger charge is -2.15. The number of carboxylic acids is 1. The summed E-state index contributed by atoms with van der Waals surface area (Å²) in [5, 5.41) is 11.9. The van der Waals surface area contributed by atoms with Crippen LogP contribution >= 0.6 is 0 Å². The van der Waals surface area contributed by atoms with Crippen molar-refractivity contribution >= 4 is 17.7 Å². The molecule has 0 fully saturated rings. The van der Waals surface area contributed by atoms with Crippen LogP contribution in [0.3, 0.4) is 0 Å². The van der Waals surface area contributed by atoms with Gasteiger partial charge in [-0.25, -0.2) is 9.78 Å². The number of carboxylic acid groups (broad SMARTS) is 1. The van der Waals surface area contributed by atoms with E-state index in [2.05, 4.69) is 10.3 Å². The maximum absolute atomic E-state index is 11.6. The molecule has 19 heavy (non-hydrogen) atoms. The number of nitrogens with zero attached hydrogens (tertiary/aromatic N) is 2. The van der Waals surface area contributed by atoms with E-state index in [1.54, 1.807) is 11.9 Å². The van der Waals surface area contributed by atoms with E-state index in [0.717, 1.165) is 0 Å². The molecule has 0 saturated carbocycles. The van der Waals surface area contributed by atoms with Gasteiger partial charge < -0.3 is 15.3 Å². The van der Waals surface area contributed by atoms with Gasteiger partial charge >= 0.3 is 5.97 Å². The Balaban J connectivity index is 2.80. The molecule has 1 aromatic rings. The third kappa shape index (κ3) is 4.24. The van der Waals surface area contributed by atoms with Gasteiger partial charge in [0.1, 0.15) is 5.82 Å². The zero-order valence-corrected chi connectivity index (χ0v) is 11.4. The number of pyridine rings is 1. The maximum atomic E-state index is 11.6. The first-order chi connectivity index (χ1) is 8.97. The quantitative estimate of drug-likeness (QED) is 0.808. The Bertz CT molecular complexity index is 474. The number of amides is 1. The van der Waals surface area contributed by atoms with E-state index in [1.165, 1.54) is 12.1 Å². The molecule has 0 bridgehead atoms. The highest BCUT2D eigenvalue weighted by molar-refractivity contribution is 5.89. The monoisotopic (exact) mass is 265 g/mol. The summed E-state index contributed by atoms with van der Waals surface area (Å²) in [6.07, 6.45) is 0.638. The second kappa shape index (κ2) is 6.72. The number of aromatic nitrogens is 1.